The van der Waals surface area contributed by atoms with E-state index in [1.807, 2.05) is 48.5 Å². The van der Waals surface area contributed by atoms with Gasteiger partial charge in [-0.25, -0.2) is 0 Å². The van der Waals surface area contributed by atoms with E-state index in [2.05, 4.69) is 11.2 Å². The smallest absolute Gasteiger partial charge is 0.251 e. The first-order valence-corrected chi connectivity index (χ1v) is 6.88. The Labute approximate surface area is 125 Å². The molecule has 0 unspecified atom stereocenters. The highest BCUT2D eigenvalue weighted by Gasteiger charge is 2.05. The van der Waals surface area contributed by atoms with Crippen molar-refractivity contribution in [1.29, 1.82) is 0 Å². The lowest BCUT2D eigenvalue weighted by molar-refractivity contribution is 0.0953. The van der Waals surface area contributed by atoms with Crippen molar-refractivity contribution < 1.29 is 4.79 Å². The standard InChI is InChI=1S/C18H18N2O/c1-2-3-4-13-20-18(21)16-7-5-14(6-8-16)15-9-11-17(19)12-10-15/h1,5-12H,3-4,13,19H2,(H,20,21). The lowest BCUT2D eigenvalue weighted by Crippen LogP contribution is -2.24. The van der Waals surface area contributed by atoms with Crippen LogP contribution in [-0.4, -0.2) is 12.5 Å². The molecule has 0 saturated heterocycles. The zero-order valence-electron chi connectivity index (χ0n) is 11.8. The highest BCUT2D eigenvalue weighted by atomic mass is 16.1. The molecule has 0 radical (unpaired) electrons. The fourth-order valence-electron chi connectivity index (χ4n) is 1.98. The number of carbonyl (C=O) groups is 1. The summed E-state index contributed by atoms with van der Waals surface area (Å²) in [6.07, 6.45) is 6.64. The largest absolute Gasteiger partial charge is 0.399 e. The Morgan fingerprint density at radius 3 is 2.19 bits per heavy atom. The minimum Gasteiger partial charge on any atom is -0.399 e. The van der Waals surface area contributed by atoms with Gasteiger partial charge in [-0.3, -0.25) is 4.79 Å². The van der Waals surface area contributed by atoms with Crippen molar-refractivity contribution in [3.63, 3.8) is 0 Å². The fourth-order valence-corrected chi connectivity index (χ4v) is 1.98. The molecule has 0 aliphatic carbocycles. The summed E-state index contributed by atoms with van der Waals surface area (Å²) in [7, 11) is 0. The first-order chi connectivity index (χ1) is 10.2. The lowest BCUT2D eigenvalue weighted by Gasteiger charge is -2.06. The Kier molecular flexibility index (Phi) is 5.00. The van der Waals surface area contributed by atoms with Crippen molar-refractivity contribution in [1.82, 2.24) is 5.32 Å². The molecule has 0 heterocycles. The third-order valence-corrected chi connectivity index (χ3v) is 3.17. The predicted octanol–water partition coefficient (Wildman–Crippen LogP) is 3.08. The van der Waals surface area contributed by atoms with Gasteiger partial charge in [0.05, 0.1) is 0 Å². The molecule has 0 aliphatic heterocycles. The SMILES string of the molecule is C#CCCCNC(=O)c1ccc(-c2ccc(N)cc2)cc1. The maximum absolute atomic E-state index is 11.9. The van der Waals surface area contributed by atoms with Crippen LogP contribution in [0.3, 0.4) is 0 Å². The van der Waals surface area contributed by atoms with Gasteiger partial charge in [0, 0.05) is 24.2 Å². The molecular weight excluding hydrogens is 260 g/mol. The van der Waals surface area contributed by atoms with Crippen LogP contribution in [0.4, 0.5) is 5.69 Å². The van der Waals surface area contributed by atoms with Crippen LogP contribution < -0.4 is 11.1 Å². The zero-order chi connectivity index (χ0) is 15.1. The number of carbonyl (C=O) groups excluding carboxylic acids is 1. The monoisotopic (exact) mass is 278 g/mol. The summed E-state index contributed by atoms with van der Waals surface area (Å²) < 4.78 is 0. The highest BCUT2D eigenvalue weighted by molar-refractivity contribution is 5.94. The van der Waals surface area contributed by atoms with E-state index < -0.39 is 0 Å². The summed E-state index contributed by atoms with van der Waals surface area (Å²) in [5, 5.41) is 2.85. The van der Waals surface area contributed by atoms with E-state index in [0.29, 0.717) is 18.5 Å². The number of anilines is 1. The molecule has 0 saturated carbocycles. The Morgan fingerprint density at radius 1 is 1.05 bits per heavy atom. The zero-order valence-corrected chi connectivity index (χ0v) is 11.8. The Morgan fingerprint density at radius 2 is 1.62 bits per heavy atom. The average molecular weight is 278 g/mol. The van der Waals surface area contributed by atoms with Gasteiger partial charge in [0.1, 0.15) is 0 Å². The van der Waals surface area contributed by atoms with Crippen molar-refractivity contribution in [3.05, 3.63) is 54.1 Å². The topological polar surface area (TPSA) is 55.1 Å². The molecule has 0 spiro atoms. The minimum absolute atomic E-state index is 0.0733. The number of hydrogen-bond donors (Lipinski definition) is 2. The molecule has 106 valence electrons. The molecule has 3 N–H and O–H groups in total. The highest BCUT2D eigenvalue weighted by Crippen LogP contribution is 2.20. The van der Waals surface area contributed by atoms with Gasteiger partial charge in [0.2, 0.25) is 0 Å². The number of nitrogens with two attached hydrogens (primary N) is 1. The van der Waals surface area contributed by atoms with Crippen LogP contribution in [-0.2, 0) is 0 Å². The summed E-state index contributed by atoms with van der Waals surface area (Å²) in [5.41, 5.74) is 9.19. The number of hydrogen-bond acceptors (Lipinski definition) is 2. The summed E-state index contributed by atoms with van der Waals surface area (Å²) in [5.74, 6) is 2.48. The number of nitrogen functional groups attached to an aromatic ring is 1. The van der Waals surface area contributed by atoms with Gasteiger partial charge in [-0.05, 0) is 41.8 Å². The molecule has 2 aromatic rings. The number of amides is 1. The predicted molar refractivity (Wildman–Crippen MR) is 86.7 cm³/mol. The Balaban J connectivity index is 2.00. The van der Waals surface area contributed by atoms with Crippen LogP contribution in [0, 0.1) is 12.3 Å². The second-order valence-electron chi connectivity index (χ2n) is 4.76. The summed E-state index contributed by atoms with van der Waals surface area (Å²) in [6.45, 7) is 0.600. The number of terminal acetylenes is 1. The lowest BCUT2D eigenvalue weighted by atomic mass is 10.0. The maximum atomic E-state index is 11.9. The van der Waals surface area contributed by atoms with Crippen molar-refractivity contribution in [2.75, 3.05) is 12.3 Å². The fraction of sp³-hybridized carbons (Fsp3) is 0.167. The van der Waals surface area contributed by atoms with Crippen molar-refractivity contribution >= 4 is 11.6 Å². The second kappa shape index (κ2) is 7.16. The molecular formula is C18H18N2O. The van der Waals surface area contributed by atoms with Crippen LogP contribution in [0.2, 0.25) is 0 Å². The van der Waals surface area contributed by atoms with Crippen LogP contribution in [0.15, 0.2) is 48.5 Å². The van der Waals surface area contributed by atoms with Crippen LogP contribution in [0.1, 0.15) is 23.2 Å². The normalized spacial score (nSPS) is 9.86. The van der Waals surface area contributed by atoms with Gasteiger partial charge in [0.25, 0.3) is 5.91 Å². The average Bonchev–Trinajstić information content (AvgIpc) is 2.52. The number of nitrogens with one attached hydrogen (secondary N) is 1. The van der Waals surface area contributed by atoms with E-state index in [-0.39, 0.29) is 5.91 Å². The first kappa shape index (κ1) is 14.7. The van der Waals surface area contributed by atoms with Crippen molar-refractivity contribution in [2.24, 2.45) is 0 Å². The quantitative estimate of drug-likeness (QED) is 0.501. The van der Waals surface area contributed by atoms with Gasteiger partial charge in [0.15, 0.2) is 0 Å². The van der Waals surface area contributed by atoms with Crippen molar-refractivity contribution in [2.45, 2.75) is 12.8 Å². The molecule has 0 aliphatic rings. The number of benzene rings is 2. The Bertz CT molecular complexity index is 636. The Hall–Kier alpha value is -2.73. The molecule has 0 atom stereocenters. The minimum atomic E-state index is -0.0733. The third-order valence-electron chi connectivity index (χ3n) is 3.17. The van der Waals surface area contributed by atoms with E-state index in [1.54, 1.807) is 0 Å². The van der Waals surface area contributed by atoms with E-state index in [9.17, 15) is 4.79 Å². The third kappa shape index (κ3) is 4.12. The van der Waals surface area contributed by atoms with Gasteiger partial charge in [-0.15, -0.1) is 12.3 Å². The number of unbranched alkanes of at least 4 members (excludes halogenated alkanes) is 1. The molecule has 3 nitrogen and oxygen atoms in total. The van der Waals surface area contributed by atoms with E-state index in [4.69, 9.17) is 12.2 Å². The van der Waals surface area contributed by atoms with Gasteiger partial charge < -0.3 is 11.1 Å². The van der Waals surface area contributed by atoms with E-state index >= 15 is 0 Å². The van der Waals surface area contributed by atoms with Crippen LogP contribution >= 0.6 is 0 Å². The molecule has 3 heteroatoms. The van der Waals surface area contributed by atoms with Gasteiger partial charge in [-0.1, -0.05) is 24.3 Å². The summed E-state index contributed by atoms with van der Waals surface area (Å²) in [6, 6.07) is 15.2. The van der Waals surface area contributed by atoms with Crippen LogP contribution in [0.25, 0.3) is 11.1 Å². The molecule has 0 aromatic heterocycles. The van der Waals surface area contributed by atoms with E-state index in [1.165, 1.54) is 0 Å². The first-order valence-electron chi connectivity index (χ1n) is 6.88. The molecule has 0 fully saturated rings. The second-order valence-corrected chi connectivity index (χ2v) is 4.76. The summed E-state index contributed by atoms with van der Waals surface area (Å²) >= 11 is 0. The van der Waals surface area contributed by atoms with Gasteiger partial charge in [-0.2, -0.15) is 0 Å². The molecule has 21 heavy (non-hydrogen) atoms. The van der Waals surface area contributed by atoms with Crippen molar-refractivity contribution in [3.8, 4) is 23.5 Å². The molecule has 0 bridgehead atoms. The molecule has 1 amide bonds. The van der Waals surface area contributed by atoms with E-state index in [0.717, 1.165) is 23.2 Å². The number of rotatable bonds is 5. The van der Waals surface area contributed by atoms with Gasteiger partial charge >= 0.3 is 0 Å². The molecule has 2 rings (SSSR count). The maximum Gasteiger partial charge on any atom is 0.251 e. The van der Waals surface area contributed by atoms with Crippen LogP contribution in [0.5, 0.6) is 0 Å². The molecule has 2 aromatic carbocycles. The summed E-state index contributed by atoms with van der Waals surface area (Å²) in [4.78, 5) is 11.9.